The molecule has 0 fully saturated rings. The van der Waals surface area contributed by atoms with Gasteiger partial charge in [0.2, 0.25) is 0 Å². The van der Waals surface area contributed by atoms with Crippen LogP contribution in [0.5, 0.6) is 0 Å². The zero-order valence-corrected chi connectivity index (χ0v) is 18.6. The summed E-state index contributed by atoms with van der Waals surface area (Å²) in [5, 5.41) is 6.50. The van der Waals surface area contributed by atoms with Gasteiger partial charge in [-0.05, 0) is 80.6 Å². The molecular weight excluding hydrogens is 399 g/mol. The number of nitrogens with two attached hydrogens (primary N) is 1. The number of aryl methyl sites for hydroxylation is 1. The Labute approximate surface area is 182 Å². The standard InChI is InChI=1S/C25H30F3N3/c1-6-18(9-10-29)25(21-11-16(4)12-23(28)17(21)5)14-24(30-31(25)15(2)3)20-13-19(26)7-8-22(20)27/h7-8,11-13,18H,2,6,9-10,14,29H2,1,3-5H3. The Balaban J connectivity index is 2.30. The highest BCUT2D eigenvalue weighted by Crippen LogP contribution is 2.50. The first-order valence-corrected chi connectivity index (χ1v) is 10.6. The molecule has 3 nitrogen and oxygen atoms in total. The second kappa shape index (κ2) is 8.87. The average molecular weight is 430 g/mol. The summed E-state index contributed by atoms with van der Waals surface area (Å²) in [5.74, 6) is -1.39. The van der Waals surface area contributed by atoms with Gasteiger partial charge in [-0.2, -0.15) is 5.10 Å². The first-order valence-electron chi connectivity index (χ1n) is 10.6. The number of hydrogen-bond acceptors (Lipinski definition) is 3. The molecule has 1 aliphatic rings. The van der Waals surface area contributed by atoms with Gasteiger partial charge < -0.3 is 5.73 Å². The molecule has 0 aromatic heterocycles. The maximum atomic E-state index is 14.9. The summed E-state index contributed by atoms with van der Waals surface area (Å²) in [6, 6.07) is 6.82. The summed E-state index contributed by atoms with van der Waals surface area (Å²) in [7, 11) is 0. The molecular formula is C25H30F3N3. The summed E-state index contributed by atoms with van der Waals surface area (Å²) < 4.78 is 43.5. The van der Waals surface area contributed by atoms with Crippen LogP contribution in [0, 0.1) is 37.2 Å². The van der Waals surface area contributed by atoms with Crippen molar-refractivity contribution in [2.75, 3.05) is 6.54 Å². The molecule has 1 aliphatic heterocycles. The van der Waals surface area contributed by atoms with Gasteiger partial charge in [0.25, 0.3) is 0 Å². The van der Waals surface area contributed by atoms with Crippen LogP contribution in [0.3, 0.4) is 0 Å². The summed E-state index contributed by atoms with van der Waals surface area (Å²) in [6.07, 6.45) is 1.72. The Morgan fingerprint density at radius 1 is 1.19 bits per heavy atom. The van der Waals surface area contributed by atoms with Gasteiger partial charge in [0.15, 0.2) is 0 Å². The van der Waals surface area contributed by atoms with E-state index in [1.54, 1.807) is 11.9 Å². The van der Waals surface area contributed by atoms with E-state index in [0.29, 0.717) is 36.4 Å². The Hall–Kier alpha value is -2.60. The number of benzene rings is 2. The second-order valence-electron chi connectivity index (χ2n) is 8.42. The van der Waals surface area contributed by atoms with E-state index in [4.69, 9.17) is 10.8 Å². The van der Waals surface area contributed by atoms with Gasteiger partial charge in [0.05, 0.1) is 11.3 Å². The van der Waals surface area contributed by atoms with Crippen molar-refractivity contribution in [2.24, 2.45) is 16.8 Å². The molecule has 0 bridgehead atoms. The number of hydrazone groups is 1. The van der Waals surface area contributed by atoms with Crippen LogP contribution in [0.15, 0.2) is 47.7 Å². The van der Waals surface area contributed by atoms with E-state index in [1.807, 2.05) is 19.9 Å². The van der Waals surface area contributed by atoms with E-state index >= 15 is 0 Å². The number of halogens is 3. The molecule has 0 amide bonds. The van der Waals surface area contributed by atoms with Crippen molar-refractivity contribution in [2.45, 2.75) is 52.5 Å². The third kappa shape index (κ3) is 4.01. The highest BCUT2D eigenvalue weighted by molar-refractivity contribution is 6.02. The Morgan fingerprint density at radius 3 is 2.52 bits per heavy atom. The summed E-state index contributed by atoms with van der Waals surface area (Å²) >= 11 is 0. The van der Waals surface area contributed by atoms with Gasteiger partial charge in [-0.3, -0.25) is 5.01 Å². The largest absolute Gasteiger partial charge is 0.330 e. The molecule has 2 unspecified atom stereocenters. The van der Waals surface area contributed by atoms with Crippen molar-refractivity contribution in [3.8, 4) is 0 Å². The second-order valence-corrected chi connectivity index (χ2v) is 8.42. The fourth-order valence-corrected chi connectivity index (χ4v) is 4.86. The Kier molecular flexibility index (Phi) is 6.60. The molecule has 0 saturated heterocycles. The van der Waals surface area contributed by atoms with E-state index in [1.165, 1.54) is 6.07 Å². The average Bonchev–Trinajstić information content (AvgIpc) is 3.12. The monoisotopic (exact) mass is 429 g/mol. The molecule has 166 valence electrons. The summed E-state index contributed by atoms with van der Waals surface area (Å²) in [5.41, 5.74) is 8.41. The number of nitrogens with zero attached hydrogens (tertiary/aromatic N) is 2. The normalized spacial score (nSPS) is 19.5. The van der Waals surface area contributed by atoms with Crippen molar-refractivity contribution >= 4 is 5.71 Å². The van der Waals surface area contributed by atoms with Gasteiger partial charge in [-0.15, -0.1) is 0 Å². The lowest BCUT2D eigenvalue weighted by Crippen LogP contribution is -2.47. The molecule has 0 radical (unpaired) electrons. The van der Waals surface area contributed by atoms with Crippen LogP contribution in [-0.2, 0) is 5.54 Å². The fourth-order valence-electron chi connectivity index (χ4n) is 4.86. The number of hydrogen-bond donors (Lipinski definition) is 1. The third-order valence-corrected chi connectivity index (χ3v) is 6.27. The maximum Gasteiger partial charge on any atom is 0.132 e. The van der Waals surface area contributed by atoms with Crippen LogP contribution >= 0.6 is 0 Å². The first-order chi connectivity index (χ1) is 14.6. The van der Waals surface area contributed by atoms with E-state index in [-0.39, 0.29) is 17.3 Å². The predicted octanol–water partition coefficient (Wildman–Crippen LogP) is 5.93. The van der Waals surface area contributed by atoms with Gasteiger partial charge >= 0.3 is 0 Å². The predicted molar refractivity (Wildman–Crippen MR) is 119 cm³/mol. The summed E-state index contributed by atoms with van der Waals surface area (Å²) in [4.78, 5) is 0. The minimum atomic E-state index is -0.801. The minimum absolute atomic E-state index is 0.00743. The smallest absolute Gasteiger partial charge is 0.132 e. The van der Waals surface area contributed by atoms with Crippen molar-refractivity contribution in [1.82, 2.24) is 5.01 Å². The quantitative estimate of drug-likeness (QED) is 0.592. The SMILES string of the molecule is C=C(C)N1N=C(c2cc(F)ccc2F)CC1(c1cc(C)cc(F)c1C)C(CC)CCN. The lowest BCUT2D eigenvalue weighted by atomic mass is 9.69. The Morgan fingerprint density at radius 2 is 1.90 bits per heavy atom. The van der Waals surface area contributed by atoms with Crippen LogP contribution in [0.25, 0.3) is 0 Å². The number of rotatable bonds is 7. The maximum absolute atomic E-state index is 14.9. The van der Waals surface area contributed by atoms with Gasteiger partial charge in [0, 0.05) is 17.7 Å². The molecule has 31 heavy (non-hydrogen) atoms. The molecule has 2 aromatic rings. The van der Waals surface area contributed by atoms with Crippen molar-refractivity contribution in [1.29, 1.82) is 0 Å². The minimum Gasteiger partial charge on any atom is -0.330 e. The zero-order valence-electron chi connectivity index (χ0n) is 18.6. The molecule has 0 aliphatic carbocycles. The van der Waals surface area contributed by atoms with Crippen molar-refractivity contribution in [3.05, 3.63) is 82.3 Å². The van der Waals surface area contributed by atoms with Crippen LogP contribution < -0.4 is 5.73 Å². The van der Waals surface area contributed by atoms with E-state index in [9.17, 15) is 13.2 Å². The molecule has 2 aromatic carbocycles. The fraction of sp³-hybridized carbons (Fsp3) is 0.400. The lowest BCUT2D eigenvalue weighted by Gasteiger charge is -2.45. The molecule has 2 atom stereocenters. The molecule has 0 saturated carbocycles. The van der Waals surface area contributed by atoms with Crippen LogP contribution in [-0.4, -0.2) is 17.3 Å². The van der Waals surface area contributed by atoms with Crippen LogP contribution in [0.1, 0.15) is 55.4 Å². The van der Waals surface area contributed by atoms with Crippen molar-refractivity contribution < 1.29 is 13.2 Å². The highest BCUT2D eigenvalue weighted by Gasteiger charge is 2.51. The highest BCUT2D eigenvalue weighted by atomic mass is 19.1. The van der Waals surface area contributed by atoms with E-state index in [2.05, 4.69) is 13.5 Å². The van der Waals surface area contributed by atoms with E-state index < -0.39 is 17.2 Å². The van der Waals surface area contributed by atoms with E-state index in [0.717, 1.165) is 35.7 Å². The number of allylic oxidation sites excluding steroid dienone is 1. The molecule has 0 spiro atoms. The molecule has 1 heterocycles. The molecule has 2 N–H and O–H groups in total. The van der Waals surface area contributed by atoms with Gasteiger partial charge in [-0.1, -0.05) is 26.0 Å². The third-order valence-electron chi connectivity index (χ3n) is 6.27. The van der Waals surface area contributed by atoms with Crippen molar-refractivity contribution in [3.63, 3.8) is 0 Å². The van der Waals surface area contributed by atoms with Crippen LogP contribution in [0.4, 0.5) is 13.2 Å². The molecule has 3 rings (SSSR count). The summed E-state index contributed by atoms with van der Waals surface area (Å²) in [6.45, 7) is 12.0. The van der Waals surface area contributed by atoms with Gasteiger partial charge in [0.1, 0.15) is 17.5 Å². The zero-order chi connectivity index (χ0) is 22.9. The van der Waals surface area contributed by atoms with Gasteiger partial charge in [-0.25, -0.2) is 13.2 Å². The van der Waals surface area contributed by atoms with Crippen LogP contribution in [0.2, 0.25) is 0 Å². The Bertz CT molecular complexity index is 1030. The first kappa shape index (κ1) is 23.1. The molecule has 6 heteroatoms. The lowest BCUT2D eigenvalue weighted by molar-refractivity contribution is 0.0772. The topological polar surface area (TPSA) is 41.6 Å².